The number of benzene rings is 1. The Morgan fingerprint density at radius 1 is 1.17 bits per heavy atom. The maximum absolute atomic E-state index is 10.9. The minimum atomic E-state index is -0.258. The molecule has 30 heavy (non-hydrogen) atoms. The van der Waals surface area contributed by atoms with Crippen molar-refractivity contribution in [2.24, 2.45) is 11.3 Å². The van der Waals surface area contributed by atoms with Crippen molar-refractivity contribution >= 4 is 0 Å². The van der Waals surface area contributed by atoms with Crippen LogP contribution in [0.4, 0.5) is 0 Å². The lowest BCUT2D eigenvalue weighted by Crippen LogP contribution is -2.48. The average molecular weight is 420 g/mol. The zero-order chi connectivity index (χ0) is 21.3. The van der Waals surface area contributed by atoms with Gasteiger partial charge in [-0.25, -0.2) is 0 Å². The van der Waals surface area contributed by atoms with Gasteiger partial charge in [-0.05, 0) is 53.9 Å². The second-order valence-corrected chi connectivity index (χ2v) is 10.2. The molecule has 0 bridgehead atoms. The van der Waals surface area contributed by atoms with Gasteiger partial charge in [0.25, 0.3) is 0 Å². The van der Waals surface area contributed by atoms with Gasteiger partial charge in [0, 0.05) is 19.1 Å². The highest BCUT2D eigenvalue weighted by atomic mass is 16.6. The summed E-state index contributed by atoms with van der Waals surface area (Å²) in [6.45, 7) is 11.2. The fraction of sp³-hybridized carbons (Fsp3) is 0.750. The molecule has 6 nitrogen and oxygen atoms in total. The van der Waals surface area contributed by atoms with Crippen LogP contribution in [0.2, 0.25) is 0 Å². The first kappa shape index (κ1) is 21.9. The summed E-state index contributed by atoms with van der Waals surface area (Å²) in [5.41, 5.74) is 2.82. The lowest BCUT2D eigenvalue weighted by Gasteiger charge is -2.47. The van der Waals surface area contributed by atoms with E-state index in [2.05, 4.69) is 37.8 Å². The Bertz CT molecular complexity index is 727. The number of rotatable bonds is 7. The van der Waals surface area contributed by atoms with Crippen molar-refractivity contribution in [3.05, 3.63) is 23.3 Å². The fourth-order valence-corrected chi connectivity index (χ4v) is 5.04. The molecule has 1 aromatic carbocycles. The Hall–Kier alpha value is -1.34. The van der Waals surface area contributed by atoms with Crippen LogP contribution in [-0.2, 0) is 15.9 Å². The van der Waals surface area contributed by atoms with Gasteiger partial charge in [-0.3, -0.25) is 4.90 Å². The number of fused-ring (bicyclic) bond motifs is 3. The molecule has 3 heterocycles. The van der Waals surface area contributed by atoms with E-state index >= 15 is 0 Å². The first-order chi connectivity index (χ1) is 14.3. The predicted octanol–water partition coefficient (Wildman–Crippen LogP) is 3.21. The quantitative estimate of drug-likeness (QED) is 0.685. The van der Waals surface area contributed by atoms with Gasteiger partial charge in [-0.2, -0.15) is 0 Å². The maximum Gasteiger partial charge on any atom is 0.161 e. The summed E-state index contributed by atoms with van der Waals surface area (Å²) < 4.78 is 22.4. The van der Waals surface area contributed by atoms with Crippen LogP contribution < -0.4 is 9.47 Å². The second kappa shape index (κ2) is 9.03. The molecule has 3 aliphatic rings. The number of hydrogen-bond acceptors (Lipinski definition) is 6. The number of ether oxygens (including phenoxy) is 4. The summed E-state index contributed by atoms with van der Waals surface area (Å²) in [7, 11) is 1.69. The molecule has 0 radical (unpaired) electrons. The van der Waals surface area contributed by atoms with Crippen molar-refractivity contribution in [2.75, 3.05) is 46.6 Å². The third-order valence-electron chi connectivity index (χ3n) is 6.55. The van der Waals surface area contributed by atoms with Crippen LogP contribution in [0.5, 0.6) is 11.5 Å². The highest BCUT2D eigenvalue weighted by molar-refractivity contribution is 5.49. The van der Waals surface area contributed by atoms with Crippen molar-refractivity contribution in [3.63, 3.8) is 0 Å². The molecule has 0 amide bonds. The normalized spacial score (nSPS) is 27.2. The van der Waals surface area contributed by atoms with E-state index in [-0.39, 0.29) is 23.7 Å². The molecule has 3 atom stereocenters. The molecular formula is C24H37NO5. The van der Waals surface area contributed by atoms with E-state index in [9.17, 15) is 5.11 Å². The summed E-state index contributed by atoms with van der Waals surface area (Å²) in [6, 6.07) is 4.51. The van der Waals surface area contributed by atoms with Crippen molar-refractivity contribution in [1.29, 1.82) is 0 Å². The van der Waals surface area contributed by atoms with Crippen molar-refractivity contribution in [3.8, 4) is 11.5 Å². The Kier molecular flexibility index (Phi) is 6.58. The minimum Gasteiger partial charge on any atom is -0.493 e. The van der Waals surface area contributed by atoms with Crippen LogP contribution in [0.3, 0.4) is 0 Å². The number of aliphatic hydroxyl groups is 1. The van der Waals surface area contributed by atoms with E-state index in [0.717, 1.165) is 43.9 Å². The van der Waals surface area contributed by atoms with Gasteiger partial charge < -0.3 is 24.1 Å². The molecule has 0 saturated carbocycles. The van der Waals surface area contributed by atoms with E-state index < -0.39 is 0 Å². The van der Waals surface area contributed by atoms with Crippen molar-refractivity contribution < 1.29 is 24.1 Å². The first-order valence-corrected chi connectivity index (χ1v) is 11.3. The predicted molar refractivity (Wildman–Crippen MR) is 115 cm³/mol. The number of methoxy groups -OCH3 is 1. The molecule has 2 saturated heterocycles. The lowest BCUT2D eigenvalue weighted by molar-refractivity contribution is -0.132. The number of hydrogen-bond donors (Lipinski definition) is 1. The SMILES string of the molecule is COc1cc2c(cc1OCCOC1COC1)CCN1C[C@@H](CC(C)(C)C)[C@H](O)C[C@H]21. The van der Waals surface area contributed by atoms with Crippen LogP contribution in [0, 0.1) is 11.3 Å². The summed E-state index contributed by atoms with van der Waals surface area (Å²) in [6.07, 6.45) is 2.79. The van der Waals surface area contributed by atoms with E-state index in [1.165, 1.54) is 11.1 Å². The molecule has 2 fully saturated rings. The summed E-state index contributed by atoms with van der Waals surface area (Å²) in [5, 5.41) is 10.9. The Morgan fingerprint density at radius 3 is 2.63 bits per heavy atom. The van der Waals surface area contributed by atoms with Crippen molar-refractivity contribution in [2.45, 2.75) is 58.3 Å². The molecule has 168 valence electrons. The fourth-order valence-electron chi connectivity index (χ4n) is 5.04. The smallest absolute Gasteiger partial charge is 0.161 e. The topological polar surface area (TPSA) is 60.4 Å². The third kappa shape index (κ3) is 4.93. The number of aliphatic hydroxyl groups excluding tert-OH is 1. The molecule has 1 aromatic rings. The van der Waals surface area contributed by atoms with E-state index in [1.54, 1.807) is 7.11 Å². The monoisotopic (exact) mass is 419 g/mol. The molecule has 0 spiro atoms. The zero-order valence-electron chi connectivity index (χ0n) is 18.9. The van der Waals surface area contributed by atoms with Gasteiger partial charge >= 0.3 is 0 Å². The van der Waals surface area contributed by atoms with Crippen LogP contribution in [0.15, 0.2) is 12.1 Å². The summed E-state index contributed by atoms with van der Waals surface area (Å²) in [4.78, 5) is 2.56. The molecule has 1 N–H and O–H groups in total. The summed E-state index contributed by atoms with van der Waals surface area (Å²) in [5.74, 6) is 1.88. The molecule has 6 heteroatoms. The molecule has 3 aliphatic heterocycles. The Labute approximate surface area is 180 Å². The van der Waals surface area contributed by atoms with E-state index in [4.69, 9.17) is 18.9 Å². The molecule has 0 aromatic heterocycles. The van der Waals surface area contributed by atoms with Gasteiger partial charge in [-0.15, -0.1) is 0 Å². The van der Waals surface area contributed by atoms with E-state index in [0.29, 0.717) is 32.3 Å². The first-order valence-electron chi connectivity index (χ1n) is 11.3. The zero-order valence-corrected chi connectivity index (χ0v) is 18.9. The van der Waals surface area contributed by atoms with Crippen molar-refractivity contribution in [1.82, 2.24) is 4.90 Å². The number of nitrogens with zero attached hydrogens (tertiary/aromatic N) is 1. The lowest BCUT2D eigenvalue weighted by atomic mass is 9.75. The van der Waals surface area contributed by atoms with Crippen LogP contribution in [0.1, 0.15) is 50.8 Å². The maximum atomic E-state index is 10.9. The highest BCUT2D eigenvalue weighted by Gasteiger charge is 2.39. The van der Waals surface area contributed by atoms with Gasteiger partial charge in [0.05, 0.1) is 33.0 Å². The number of piperidine rings is 1. The highest BCUT2D eigenvalue weighted by Crippen LogP contribution is 2.44. The molecule has 4 rings (SSSR count). The Morgan fingerprint density at radius 2 is 1.97 bits per heavy atom. The van der Waals surface area contributed by atoms with Gasteiger partial charge in [0.1, 0.15) is 12.7 Å². The minimum absolute atomic E-state index is 0.213. The van der Waals surface area contributed by atoms with Crippen LogP contribution in [0.25, 0.3) is 0 Å². The standard InChI is InChI=1S/C24H37NO5/c1-24(2,3)12-17-13-25-6-5-16-9-23(30-8-7-29-18-14-28-15-18)22(27-4)10-19(16)20(25)11-21(17)26/h9-10,17-18,20-21,26H,5-8,11-15H2,1-4H3/t17-,20-,21-/m1/s1. The van der Waals surface area contributed by atoms with Gasteiger partial charge in [-0.1, -0.05) is 20.8 Å². The molecule has 0 aliphatic carbocycles. The molecular weight excluding hydrogens is 382 g/mol. The molecule has 0 unspecified atom stereocenters. The van der Waals surface area contributed by atoms with E-state index in [1.807, 2.05) is 0 Å². The van der Waals surface area contributed by atoms with Crippen LogP contribution >= 0.6 is 0 Å². The van der Waals surface area contributed by atoms with Gasteiger partial charge in [0.2, 0.25) is 0 Å². The van der Waals surface area contributed by atoms with Gasteiger partial charge in [0.15, 0.2) is 11.5 Å². The summed E-state index contributed by atoms with van der Waals surface area (Å²) >= 11 is 0. The van der Waals surface area contributed by atoms with Crippen LogP contribution in [-0.4, -0.2) is 68.8 Å². The Balaban J connectivity index is 1.44. The second-order valence-electron chi connectivity index (χ2n) is 10.2. The third-order valence-corrected chi connectivity index (χ3v) is 6.55. The average Bonchev–Trinajstić information content (AvgIpc) is 2.65. The largest absolute Gasteiger partial charge is 0.493 e.